The fourth-order valence-electron chi connectivity index (χ4n) is 4.87. The van der Waals surface area contributed by atoms with Gasteiger partial charge in [0, 0.05) is 18.5 Å². The van der Waals surface area contributed by atoms with E-state index in [4.69, 9.17) is 10.5 Å². The molecule has 1 aliphatic carbocycles. The number of carbonyl (C=O) groups is 1. The Morgan fingerprint density at radius 1 is 1.18 bits per heavy atom. The van der Waals surface area contributed by atoms with Crippen LogP contribution in [0, 0.1) is 5.82 Å². The molecule has 0 unspecified atom stereocenters. The van der Waals surface area contributed by atoms with E-state index in [0.29, 0.717) is 22.6 Å². The molecule has 2 N–H and O–H groups in total. The van der Waals surface area contributed by atoms with Crippen LogP contribution in [0.25, 0.3) is 16.6 Å². The monoisotopic (exact) mass is 472 g/mol. The van der Waals surface area contributed by atoms with Crippen LogP contribution in [0.4, 0.5) is 23.4 Å². The average molecular weight is 472 g/mol. The molecule has 6 rings (SSSR count). The van der Waals surface area contributed by atoms with Crippen molar-refractivity contribution in [1.29, 1.82) is 0 Å². The maximum absolute atomic E-state index is 14.9. The number of nitrogens with two attached hydrogens (primary N) is 1. The SMILES string of the molecule is Nc1nc2cnc(C(=O)N3CCO[C@@H]4Cc5cc(C(F)(F)F)cc(F)c5[C@@H]43)cc2n2cncc12. The molecule has 1 aliphatic heterocycles. The number of aromatic nitrogens is 4. The van der Waals surface area contributed by atoms with Gasteiger partial charge in [0.25, 0.3) is 5.91 Å². The third-order valence-corrected chi connectivity index (χ3v) is 6.35. The lowest BCUT2D eigenvalue weighted by Gasteiger charge is -2.38. The van der Waals surface area contributed by atoms with Crippen molar-refractivity contribution in [1.82, 2.24) is 24.3 Å². The first-order valence-corrected chi connectivity index (χ1v) is 10.4. The number of anilines is 1. The molecule has 1 amide bonds. The van der Waals surface area contributed by atoms with Crippen molar-refractivity contribution >= 4 is 28.3 Å². The maximum atomic E-state index is 14.9. The summed E-state index contributed by atoms with van der Waals surface area (Å²) in [6.45, 7) is 0.312. The molecule has 4 aromatic rings. The quantitative estimate of drug-likeness (QED) is 0.428. The highest BCUT2D eigenvalue weighted by atomic mass is 19.4. The highest BCUT2D eigenvalue weighted by Gasteiger charge is 2.45. The molecule has 12 heteroatoms. The van der Waals surface area contributed by atoms with Gasteiger partial charge in [0.05, 0.1) is 48.6 Å². The second-order valence-corrected chi connectivity index (χ2v) is 8.29. The molecule has 0 radical (unpaired) electrons. The Balaban J connectivity index is 1.42. The number of pyridine rings is 1. The number of imidazole rings is 1. The number of hydrogen-bond donors (Lipinski definition) is 1. The minimum absolute atomic E-state index is 0.0540. The number of hydrogen-bond acceptors (Lipinski definition) is 6. The van der Waals surface area contributed by atoms with Gasteiger partial charge in [-0.3, -0.25) is 9.20 Å². The molecule has 0 spiro atoms. The molecule has 8 nitrogen and oxygen atoms in total. The fourth-order valence-corrected chi connectivity index (χ4v) is 4.87. The van der Waals surface area contributed by atoms with Crippen LogP contribution in [0.5, 0.6) is 0 Å². The number of benzene rings is 1. The summed E-state index contributed by atoms with van der Waals surface area (Å²) in [7, 11) is 0. The van der Waals surface area contributed by atoms with Crippen molar-refractivity contribution in [3.8, 4) is 0 Å². The van der Waals surface area contributed by atoms with Crippen molar-refractivity contribution in [2.75, 3.05) is 18.9 Å². The first kappa shape index (κ1) is 20.8. The van der Waals surface area contributed by atoms with E-state index in [1.54, 1.807) is 16.7 Å². The van der Waals surface area contributed by atoms with Crippen LogP contribution >= 0.6 is 0 Å². The van der Waals surface area contributed by atoms with Crippen molar-refractivity contribution in [3.63, 3.8) is 0 Å². The van der Waals surface area contributed by atoms with Crippen LogP contribution in [0.1, 0.15) is 33.2 Å². The Bertz CT molecular complexity index is 1480. The summed E-state index contributed by atoms with van der Waals surface area (Å²) in [5.74, 6) is -1.23. The summed E-state index contributed by atoms with van der Waals surface area (Å²) in [5.41, 5.74) is 6.77. The van der Waals surface area contributed by atoms with Gasteiger partial charge in [-0.1, -0.05) is 0 Å². The Hall–Kier alpha value is -3.80. The third-order valence-electron chi connectivity index (χ3n) is 6.35. The molecule has 4 heterocycles. The van der Waals surface area contributed by atoms with E-state index in [2.05, 4.69) is 15.0 Å². The average Bonchev–Trinajstić information content (AvgIpc) is 3.43. The molecule has 1 aromatic carbocycles. The van der Waals surface area contributed by atoms with Gasteiger partial charge >= 0.3 is 6.18 Å². The maximum Gasteiger partial charge on any atom is 0.416 e. The standard InChI is InChI=1S/C22H16F4N6O2/c23-12-5-11(22(24,25)26)3-10-4-17-19(18(10)12)31(1-2-34-17)21(33)13-6-15-14(7-29-13)30-20(27)16-8-28-9-32(15)16/h3,5-9,17,19H,1-2,4H2,(H2,27,30)/t17-,19-/m1/s1. The summed E-state index contributed by atoms with van der Waals surface area (Å²) in [6.07, 6.45) is -0.749. The van der Waals surface area contributed by atoms with E-state index >= 15 is 0 Å². The first-order valence-electron chi connectivity index (χ1n) is 10.4. The Labute approximate surface area is 189 Å². The van der Waals surface area contributed by atoms with E-state index in [-0.39, 0.29) is 42.2 Å². The molecule has 2 aliphatic rings. The number of amides is 1. The van der Waals surface area contributed by atoms with Crippen LogP contribution in [0.15, 0.2) is 36.9 Å². The number of carbonyl (C=O) groups excluding carboxylic acids is 1. The Morgan fingerprint density at radius 2 is 2.00 bits per heavy atom. The Morgan fingerprint density at radius 3 is 2.79 bits per heavy atom. The summed E-state index contributed by atoms with van der Waals surface area (Å²) in [4.78, 5) is 27.5. The number of nitrogens with zero attached hydrogens (tertiary/aromatic N) is 5. The molecule has 1 fully saturated rings. The van der Waals surface area contributed by atoms with E-state index in [9.17, 15) is 22.4 Å². The molecule has 0 saturated carbocycles. The zero-order chi connectivity index (χ0) is 23.8. The number of morpholine rings is 1. The largest absolute Gasteiger partial charge is 0.416 e. The second-order valence-electron chi connectivity index (χ2n) is 8.29. The molecule has 174 valence electrons. The zero-order valence-corrected chi connectivity index (χ0v) is 17.4. The van der Waals surface area contributed by atoms with Crippen LogP contribution in [-0.2, 0) is 17.3 Å². The zero-order valence-electron chi connectivity index (χ0n) is 17.4. The van der Waals surface area contributed by atoms with Gasteiger partial charge in [0.1, 0.15) is 28.4 Å². The topological polar surface area (TPSA) is 98.6 Å². The normalized spacial score (nSPS) is 20.1. The molecule has 0 bridgehead atoms. The van der Waals surface area contributed by atoms with Crippen molar-refractivity contribution in [3.05, 3.63) is 65.1 Å². The van der Waals surface area contributed by atoms with Gasteiger partial charge in [-0.15, -0.1) is 0 Å². The predicted octanol–water partition coefficient (Wildman–Crippen LogP) is 3.16. The van der Waals surface area contributed by atoms with E-state index in [1.165, 1.54) is 17.4 Å². The minimum Gasteiger partial charge on any atom is -0.382 e. The number of halogens is 4. The van der Waals surface area contributed by atoms with E-state index in [0.717, 1.165) is 6.07 Å². The van der Waals surface area contributed by atoms with Gasteiger partial charge in [-0.25, -0.2) is 19.3 Å². The molecular formula is C22H16F4N6O2. The van der Waals surface area contributed by atoms with Gasteiger partial charge in [0.15, 0.2) is 0 Å². The second kappa shape index (κ2) is 7.10. The van der Waals surface area contributed by atoms with Gasteiger partial charge < -0.3 is 15.4 Å². The van der Waals surface area contributed by atoms with Crippen LogP contribution in [-0.4, -0.2) is 49.4 Å². The highest BCUT2D eigenvalue weighted by Crippen LogP contribution is 2.44. The molecule has 3 aromatic heterocycles. The number of fused-ring (bicyclic) bond motifs is 6. The highest BCUT2D eigenvalue weighted by molar-refractivity contribution is 5.96. The lowest BCUT2D eigenvalue weighted by atomic mass is 10.0. The minimum atomic E-state index is -4.68. The Kier molecular flexibility index (Phi) is 4.34. The molecule has 1 saturated heterocycles. The molecule has 2 atom stereocenters. The number of ether oxygens (including phenoxy) is 1. The summed E-state index contributed by atoms with van der Waals surface area (Å²) >= 11 is 0. The van der Waals surface area contributed by atoms with Crippen LogP contribution in [0.2, 0.25) is 0 Å². The number of nitrogen functional groups attached to an aromatic ring is 1. The van der Waals surface area contributed by atoms with E-state index in [1.807, 2.05) is 0 Å². The van der Waals surface area contributed by atoms with Crippen molar-refractivity contribution in [2.45, 2.75) is 24.7 Å². The predicted molar refractivity (Wildman–Crippen MR) is 111 cm³/mol. The summed E-state index contributed by atoms with van der Waals surface area (Å²) in [6, 6.07) is 2.10. The smallest absolute Gasteiger partial charge is 0.382 e. The van der Waals surface area contributed by atoms with Gasteiger partial charge in [-0.2, -0.15) is 13.2 Å². The first-order chi connectivity index (χ1) is 16.2. The summed E-state index contributed by atoms with van der Waals surface area (Å²) in [5, 5.41) is 0. The molecule has 34 heavy (non-hydrogen) atoms. The van der Waals surface area contributed by atoms with Crippen LogP contribution < -0.4 is 5.73 Å². The third kappa shape index (κ3) is 3.01. The fraction of sp³-hybridized carbons (Fsp3) is 0.273. The summed E-state index contributed by atoms with van der Waals surface area (Å²) < 4.78 is 61.9. The van der Waals surface area contributed by atoms with Crippen LogP contribution in [0.3, 0.4) is 0 Å². The van der Waals surface area contributed by atoms with Crippen molar-refractivity contribution in [2.24, 2.45) is 0 Å². The van der Waals surface area contributed by atoms with Gasteiger partial charge in [0.2, 0.25) is 0 Å². The van der Waals surface area contributed by atoms with E-state index < -0.39 is 35.6 Å². The number of alkyl halides is 3. The lowest BCUT2D eigenvalue weighted by Crippen LogP contribution is -2.47. The lowest BCUT2D eigenvalue weighted by molar-refractivity contribution is -0.137. The van der Waals surface area contributed by atoms with Crippen molar-refractivity contribution < 1.29 is 27.1 Å². The number of rotatable bonds is 1. The van der Waals surface area contributed by atoms with Gasteiger partial charge in [-0.05, 0) is 23.8 Å². The molecular weight excluding hydrogens is 456 g/mol.